The van der Waals surface area contributed by atoms with Gasteiger partial charge in [0.2, 0.25) is 0 Å². The van der Waals surface area contributed by atoms with Crippen LogP contribution in [0, 0.1) is 0 Å². The molecule has 6 N–H and O–H groups in total. The van der Waals surface area contributed by atoms with Crippen LogP contribution in [-0.2, 0) is 9.47 Å². The molecule has 0 spiro atoms. The Morgan fingerprint density at radius 1 is 1.18 bits per heavy atom. The van der Waals surface area contributed by atoms with Crippen LogP contribution in [0.2, 0.25) is 0 Å². The average molecular weight is 306 g/mol. The molecule has 9 heteroatoms. The van der Waals surface area contributed by atoms with E-state index in [-0.39, 0.29) is 6.54 Å². The molecule has 0 aliphatic heterocycles. The molecule has 2 aromatic rings. The first-order valence-corrected chi connectivity index (χ1v) is 6.24. The molecule has 1 heterocycles. The molecule has 0 aliphatic carbocycles. The van der Waals surface area contributed by atoms with E-state index in [9.17, 15) is 14.4 Å². The summed E-state index contributed by atoms with van der Waals surface area (Å²) in [5.74, 6) is 0. The van der Waals surface area contributed by atoms with E-state index in [0.29, 0.717) is 5.69 Å². The predicted octanol–water partition coefficient (Wildman–Crippen LogP) is 1.11. The maximum Gasteiger partial charge on any atom is 0.416 e. The number of amides is 3. The highest BCUT2D eigenvalue weighted by atomic mass is 16.6. The standard InChI is InChI=1S/C13H14N4O5/c14-11(18)21-10(6-16-13(20)22-12(15)19)9-5-7-3-1-2-4-8(7)17-9/h1-5,10,17H,6H2,(H2,14,18)(H2,15,19)(H,16,20). The predicted molar refractivity (Wildman–Crippen MR) is 75.8 cm³/mol. The maximum atomic E-state index is 11.2. The monoisotopic (exact) mass is 306 g/mol. The third-order valence-corrected chi connectivity index (χ3v) is 2.78. The first-order valence-electron chi connectivity index (χ1n) is 6.24. The Bertz CT molecular complexity index is 678. The number of ether oxygens (including phenoxy) is 2. The van der Waals surface area contributed by atoms with Gasteiger partial charge in [-0.25, -0.2) is 14.4 Å². The Labute approximate surface area is 124 Å². The molecule has 0 saturated carbocycles. The van der Waals surface area contributed by atoms with E-state index in [1.807, 2.05) is 24.3 Å². The minimum atomic E-state index is -1.24. The van der Waals surface area contributed by atoms with E-state index in [4.69, 9.17) is 16.2 Å². The van der Waals surface area contributed by atoms with Crippen LogP contribution in [0.1, 0.15) is 11.8 Å². The van der Waals surface area contributed by atoms with Crippen LogP contribution >= 0.6 is 0 Å². The van der Waals surface area contributed by atoms with Crippen LogP contribution in [0.25, 0.3) is 10.9 Å². The summed E-state index contributed by atoms with van der Waals surface area (Å²) in [6.45, 7) is -0.151. The number of alkyl carbamates (subject to hydrolysis) is 1. The van der Waals surface area contributed by atoms with Crippen molar-refractivity contribution in [3.8, 4) is 0 Å². The molecule has 0 bridgehead atoms. The SMILES string of the molecule is NC(=O)OC(=O)NCC(OC(N)=O)c1cc2ccccc2[nH]1. The molecule has 1 atom stereocenters. The van der Waals surface area contributed by atoms with Crippen molar-refractivity contribution in [2.75, 3.05) is 6.54 Å². The lowest BCUT2D eigenvalue weighted by molar-refractivity contribution is 0.100. The summed E-state index contributed by atoms with van der Waals surface area (Å²) in [5, 5.41) is 3.15. The zero-order chi connectivity index (χ0) is 16.1. The minimum Gasteiger partial charge on any atom is -0.438 e. The average Bonchev–Trinajstić information content (AvgIpc) is 2.86. The molecule has 1 aromatic carbocycles. The molecule has 116 valence electrons. The highest BCUT2D eigenvalue weighted by molar-refractivity contribution is 5.82. The van der Waals surface area contributed by atoms with E-state index in [2.05, 4.69) is 15.0 Å². The summed E-state index contributed by atoms with van der Waals surface area (Å²) < 4.78 is 9.05. The van der Waals surface area contributed by atoms with Gasteiger partial charge in [0.1, 0.15) is 0 Å². The molecule has 0 fully saturated rings. The van der Waals surface area contributed by atoms with Gasteiger partial charge in [0, 0.05) is 5.52 Å². The number of carbonyl (C=O) groups is 3. The number of nitrogens with two attached hydrogens (primary N) is 2. The van der Waals surface area contributed by atoms with Gasteiger partial charge >= 0.3 is 18.3 Å². The number of para-hydroxylation sites is 1. The van der Waals surface area contributed by atoms with E-state index in [1.54, 1.807) is 6.07 Å². The van der Waals surface area contributed by atoms with Crippen molar-refractivity contribution in [2.24, 2.45) is 11.5 Å². The fourth-order valence-corrected chi connectivity index (χ4v) is 1.93. The van der Waals surface area contributed by atoms with Crippen molar-refractivity contribution >= 4 is 29.2 Å². The van der Waals surface area contributed by atoms with Gasteiger partial charge < -0.3 is 31.2 Å². The summed E-state index contributed by atoms with van der Waals surface area (Å²) in [6.07, 6.45) is -4.17. The van der Waals surface area contributed by atoms with Crippen molar-refractivity contribution in [3.05, 3.63) is 36.0 Å². The third kappa shape index (κ3) is 3.88. The van der Waals surface area contributed by atoms with Crippen LogP contribution in [0.4, 0.5) is 14.4 Å². The van der Waals surface area contributed by atoms with E-state index in [0.717, 1.165) is 10.9 Å². The Balaban J connectivity index is 2.13. The van der Waals surface area contributed by atoms with Gasteiger partial charge in [-0.05, 0) is 17.5 Å². The number of carbonyl (C=O) groups excluding carboxylic acids is 3. The van der Waals surface area contributed by atoms with E-state index in [1.165, 1.54) is 0 Å². The molecule has 3 amide bonds. The smallest absolute Gasteiger partial charge is 0.416 e. The molecule has 0 radical (unpaired) electrons. The maximum absolute atomic E-state index is 11.2. The minimum absolute atomic E-state index is 0.151. The number of fused-ring (bicyclic) bond motifs is 1. The highest BCUT2D eigenvalue weighted by Crippen LogP contribution is 2.22. The third-order valence-electron chi connectivity index (χ3n) is 2.78. The second kappa shape index (κ2) is 6.48. The normalized spacial score (nSPS) is 11.6. The molecular weight excluding hydrogens is 292 g/mol. The number of primary amides is 2. The lowest BCUT2D eigenvalue weighted by atomic mass is 10.2. The lowest BCUT2D eigenvalue weighted by Gasteiger charge is -2.15. The molecule has 0 saturated heterocycles. The number of nitrogens with one attached hydrogen (secondary N) is 2. The summed E-state index contributed by atoms with van der Waals surface area (Å²) in [5.41, 5.74) is 11.1. The van der Waals surface area contributed by atoms with Gasteiger partial charge in [-0.2, -0.15) is 0 Å². The number of hydrogen-bond donors (Lipinski definition) is 4. The van der Waals surface area contributed by atoms with Crippen LogP contribution in [0.5, 0.6) is 0 Å². The zero-order valence-electron chi connectivity index (χ0n) is 11.4. The molecule has 22 heavy (non-hydrogen) atoms. The summed E-state index contributed by atoms with van der Waals surface area (Å²) >= 11 is 0. The second-order valence-electron chi connectivity index (χ2n) is 4.33. The van der Waals surface area contributed by atoms with Crippen LogP contribution in [0.15, 0.2) is 30.3 Å². The van der Waals surface area contributed by atoms with Crippen molar-refractivity contribution in [2.45, 2.75) is 6.10 Å². The summed E-state index contributed by atoms with van der Waals surface area (Å²) in [6, 6.07) is 9.16. The Kier molecular flexibility index (Phi) is 4.47. The van der Waals surface area contributed by atoms with Crippen LogP contribution in [0.3, 0.4) is 0 Å². The molecule has 0 aliphatic rings. The summed E-state index contributed by atoms with van der Waals surface area (Å²) in [4.78, 5) is 35.7. The largest absolute Gasteiger partial charge is 0.438 e. The van der Waals surface area contributed by atoms with Gasteiger partial charge in [-0.15, -0.1) is 0 Å². The van der Waals surface area contributed by atoms with Crippen molar-refractivity contribution in [1.29, 1.82) is 0 Å². The number of aromatic nitrogens is 1. The first-order chi connectivity index (χ1) is 10.5. The lowest BCUT2D eigenvalue weighted by Crippen LogP contribution is -2.34. The molecule has 1 aromatic heterocycles. The highest BCUT2D eigenvalue weighted by Gasteiger charge is 2.19. The van der Waals surface area contributed by atoms with Crippen LogP contribution < -0.4 is 16.8 Å². The Morgan fingerprint density at radius 2 is 1.91 bits per heavy atom. The van der Waals surface area contributed by atoms with E-state index < -0.39 is 24.4 Å². The molecule has 2 rings (SSSR count). The second-order valence-corrected chi connectivity index (χ2v) is 4.33. The number of hydrogen-bond acceptors (Lipinski definition) is 5. The van der Waals surface area contributed by atoms with E-state index >= 15 is 0 Å². The first kappa shape index (κ1) is 15.2. The van der Waals surface area contributed by atoms with Gasteiger partial charge in [-0.3, -0.25) is 0 Å². The van der Waals surface area contributed by atoms with Crippen LogP contribution in [-0.4, -0.2) is 29.8 Å². The van der Waals surface area contributed by atoms with Crippen molar-refractivity contribution in [1.82, 2.24) is 10.3 Å². The van der Waals surface area contributed by atoms with Crippen molar-refractivity contribution < 1.29 is 23.9 Å². The summed E-state index contributed by atoms with van der Waals surface area (Å²) in [7, 11) is 0. The fraction of sp³-hybridized carbons (Fsp3) is 0.154. The zero-order valence-corrected chi connectivity index (χ0v) is 11.4. The molecular formula is C13H14N4O5. The quantitative estimate of drug-likeness (QED) is 0.624. The number of H-pyrrole nitrogens is 1. The topological polar surface area (TPSA) is 150 Å². The number of aromatic amines is 1. The van der Waals surface area contributed by atoms with Gasteiger partial charge in [-0.1, -0.05) is 18.2 Å². The number of rotatable bonds is 4. The van der Waals surface area contributed by atoms with Gasteiger partial charge in [0.25, 0.3) is 0 Å². The van der Waals surface area contributed by atoms with Crippen molar-refractivity contribution in [3.63, 3.8) is 0 Å². The fourth-order valence-electron chi connectivity index (χ4n) is 1.93. The van der Waals surface area contributed by atoms with Gasteiger partial charge in [0.15, 0.2) is 6.10 Å². The molecule has 1 unspecified atom stereocenters. The Hall–Kier alpha value is -3.23. The Morgan fingerprint density at radius 3 is 2.55 bits per heavy atom. The van der Waals surface area contributed by atoms with Gasteiger partial charge in [0.05, 0.1) is 12.2 Å². The number of benzene rings is 1. The molecule has 9 nitrogen and oxygen atoms in total.